The van der Waals surface area contributed by atoms with Crippen LogP contribution in [0.2, 0.25) is 0 Å². The van der Waals surface area contributed by atoms with Crippen LogP contribution >= 0.6 is 34.4 Å². The summed E-state index contributed by atoms with van der Waals surface area (Å²) in [6.07, 6.45) is 0.946. The highest BCUT2D eigenvalue weighted by molar-refractivity contribution is 14.1. The minimum absolute atomic E-state index is 0.0425. The van der Waals surface area contributed by atoms with Crippen LogP contribution in [0.3, 0.4) is 0 Å². The second-order valence-electron chi connectivity index (χ2n) is 3.76. The second-order valence-corrected chi connectivity index (χ2v) is 6.43. The third-order valence-corrected chi connectivity index (χ3v) is 4.09. The summed E-state index contributed by atoms with van der Waals surface area (Å²) >= 11 is 3.86. The van der Waals surface area contributed by atoms with Gasteiger partial charge in [-0.3, -0.25) is 4.79 Å². The molecule has 1 aromatic rings. The zero-order chi connectivity index (χ0) is 12.7. The molecule has 1 unspecified atom stereocenters. The van der Waals surface area contributed by atoms with Crippen LogP contribution in [0, 0.1) is 3.57 Å². The van der Waals surface area contributed by atoms with Crippen LogP contribution in [0.15, 0.2) is 24.3 Å². The molecule has 0 fully saturated rings. The summed E-state index contributed by atoms with van der Waals surface area (Å²) in [7, 11) is 0. The Kier molecular flexibility index (Phi) is 6.91. The van der Waals surface area contributed by atoms with E-state index in [-0.39, 0.29) is 5.91 Å². The van der Waals surface area contributed by atoms with E-state index >= 15 is 0 Å². The molecule has 0 saturated heterocycles. The molecule has 3 N–H and O–H groups in total. The van der Waals surface area contributed by atoms with Gasteiger partial charge in [-0.05, 0) is 53.8 Å². The fourth-order valence-electron chi connectivity index (χ4n) is 1.30. The molecule has 0 aliphatic rings. The van der Waals surface area contributed by atoms with Gasteiger partial charge in [0.1, 0.15) is 0 Å². The van der Waals surface area contributed by atoms with Gasteiger partial charge in [0.2, 0.25) is 5.91 Å². The molecule has 94 valence electrons. The Morgan fingerprint density at radius 2 is 2.35 bits per heavy atom. The number of nitrogens with two attached hydrogens (primary N) is 1. The van der Waals surface area contributed by atoms with Gasteiger partial charge in [0.05, 0.1) is 5.75 Å². The summed E-state index contributed by atoms with van der Waals surface area (Å²) in [5, 5.41) is 3.32. The van der Waals surface area contributed by atoms with Crippen molar-refractivity contribution in [1.82, 2.24) is 0 Å². The average molecular weight is 364 g/mol. The maximum Gasteiger partial charge on any atom is 0.234 e. The number of halogens is 1. The van der Waals surface area contributed by atoms with E-state index in [1.54, 1.807) is 11.8 Å². The highest BCUT2D eigenvalue weighted by atomic mass is 127. The standard InChI is InChI=1S/C12H17IN2OS/c1-9(5-6-14)17-8-12(16)15-11-4-2-3-10(13)7-11/h2-4,7,9H,5-6,8,14H2,1H3,(H,15,16). The smallest absolute Gasteiger partial charge is 0.234 e. The van der Waals surface area contributed by atoms with Crippen molar-refractivity contribution >= 4 is 45.9 Å². The maximum atomic E-state index is 11.7. The molecular weight excluding hydrogens is 347 g/mol. The van der Waals surface area contributed by atoms with Crippen LogP contribution < -0.4 is 11.1 Å². The lowest BCUT2D eigenvalue weighted by atomic mass is 10.3. The van der Waals surface area contributed by atoms with Gasteiger partial charge < -0.3 is 11.1 Å². The maximum absolute atomic E-state index is 11.7. The van der Waals surface area contributed by atoms with Crippen LogP contribution in [0.5, 0.6) is 0 Å². The van der Waals surface area contributed by atoms with Crippen LogP contribution in [0.1, 0.15) is 13.3 Å². The average Bonchev–Trinajstić information content (AvgIpc) is 2.27. The van der Waals surface area contributed by atoms with Gasteiger partial charge >= 0.3 is 0 Å². The second kappa shape index (κ2) is 7.94. The number of thioether (sulfide) groups is 1. The zero-order valence-corrected chi connectivity index (χ0v) is 12.8. The monoisotopic (exact) mass is 364 g/mol. The number of benzene rings is 1. The summed E-state index contributed by atoms with van der Waals surface area (Å²) in [6, 6.07) is 7.77. The van der Waals surface area contributed by atoms with E-state index in [0.717, 1.165) is 15.7 Å². The van der Waals surface area contributed by atoms with Crippen LogP contribution in [-0.4, -0.2) is 23.5 Å². The van der Waals surface area contributed by atoms with E-state index in [9.17, 15) is 4.79 Å². The highest BCUT2D eigenvalue weighted by Crippen LogP contribution is 2.15. The molecule has 3 nitrogen and oxygen atoms in total. The summed E-state index contributed by atoms with van der Waals surface area (Å²) < 4.78 is 1.12. The highest BCUT2D eigenvalue weighted by Gasteiger charge is 2.06. The molecule has 1 atom stereocenters. The van der Waals surface area contributed by atoms with Crippen molar-refractivity contribution < 1.29 is 4.79 Å². The van der Waals surface area contributed by atoms with Gasteiger partial charge in [-0.1, -0.05) is 13.0 Å². The van der Waals surface area contributed by atoms with Crippen LogP contribution in [0.4, 0.5) is 5.69 Å². The number of nitrogens with one attached hydrogen (secondary N) is 1. The Balaban J connectivity index is 2.34. The quantitative estimate of drug-likeness (QED) is 0.764. The molecule has 0 bridgehead atoms. The lowest BCUT2D eigenvalue weighted by Gasteiger charge is -2.10. The lowest BCUT2D eigenvalue weighted by Crippen LogP contribution is -2.17. The largest absolute Gasteiger partial charge is 0.330 e. The Hall–Kier alpha value is -0.270. The molecule has 0 heterocycles. The number of hydrogen-bond donors (Lipinski definition) is 2. The van der Waals surface area contributed by atoms with Crippen molar-refractivity contribution in [2.75, 3.05) is 17.6 Å². The van der Waals surface area contributed by atoms with Crippen LogP contribution in [-0.2, 0) is 4.79 Å². The zero-order valence-electron chi connectivity index (χ0n) is 9.78. The van der Waals surface area contributed by atoms with Crippen molar-refractivity contribution in [3.05, 3.63) is 27.8 Å². The SMILES string of the molecule is CC(CCN)SCC(=O)Nc1cccc(I)c1. The van der Waals surface area contributed by atoms with Gasteiger partial charge in [0, 0.05) is 14.5 Å². The Labute approximate surface area is 120 Å². The van der Waals surface area contributed by atoms with Crippen molar-refractivity contribution in [1.29, 1.82) is 0 Å². The fraction of sp³-hybridized carbons (Fsp3) is 0.417. The first-order chi connectivity index (χ1) is 8.11. The number of carbonyl (C=O) groups is 1. The minimum Gasteiger partial charge on any atom is -0.330 e. The predicted molar refractivity (Wildman–Crippen MR) is 83.4 cm³/mol. The fourth-order valence-corrected chi connectivity index (χ4v) is 2.65. The van der Waals surface area contributed by atoms with Gasteiger partial charge in [0.15, 0.2) is 0 Å². The topological polar surface area (TPSA) is 55.1 Å². The van der Waals surface area contributed by atoms with Crippen molar-refractivity contribution in [2.24, 2.45) is 5.73 Å². The molecule has 0 aliphatic heterocycles. The molecule has 0 aliphatic carbocycles. The predicted octanol–water partition coefficient (Wildman–Crippen LogP) is 2.70. The van der Waals surface area contributed by atoms with Gasteiger partial charge in [-0.25, -0.2) is 0 Å². The molecule has 0 spiro atoms. The molecule has 1 rings (SSSR count). The molecule has 1 amide bonds. The van der Waals surface area contributed by atoms with E-state index in [0.29, 0.717) is 17.5 Å². The van der Waals surface area contributed by atoms with Gasteiger partial charge in [0.25, 0.3) is 0 Å². The lowest BCUT2D eigenvalue weighted by molar-refractivity contribution is -0.113. The molecule has 0 saturated carbocycles. The number of carbonyl (C=O) groups excluding carboxylic acids is 1. The van der Waals surface area contributed by atoms with Gasteiger partial charge in [-0.15, -0.1) is 11.8 Å². The molecule has 0 aromatic heterocycles. The summed E-state index contributed by atoms with van der Waals surface area (Å²) in [5.41, 5.74) is 6.32. The Bertz CT molecular complexity index is 373. The summed E-state index contributed by atoms with van der Waals surface area (Å²) in [6.45, 7) is 2.77. The molecule has 5 heteroatoms. The van der Waals surface area contributed by atoms with Crippen LogP contribution in [0.25, 0.3) is 0 Å². The first-order valence-electron chi connectivity index (χ1n) is 5.49. The van der Waals surface area contributed by atoms with E-state index in [1.807, 2.05) is 24.3 Å². The number of anilines is 1. The normalized spacial score (nSPS) is 12.2. The Morgan fingerprint density at radius 1 is 1.59 bits per heavy atom. The molecule has 17 heavy (non-hydrogen) atoms. The third-order valence-electron chi connectivity index (χ3n) is 2.18. The van der Waals surface area contributed by atoms with Crippen molar-refractivity contribution in [2.45, 2.75) is 18.6 Å². The van der Waals surface area contributed by atoms with Crippen molar-refractivity contribution in [3.8, 4) is 0 Å². The first-order valence-corrected chi connectivity index (χ1v) is 7.61. The third kappa shape index (κ3) is 6.28. The molecular formula is C12H17IN2OS. The van der Waals surface area contributed by atoms with Gasteiger partial charge in [-0.2, -0.15) is 0 Å². The summed E-state index contributed by atoms with van der Waals surface area (Å²) in [4.78, 5) is 11.7. The van der Waals surface area contributed by atoms with Crippen molar-refractivity contribution in [3.63, 3.8) is 0 Å². The Morgan fingerprint density at radius 3 is 3.00 bits per heavy atom. The van der Waals surface area contributed by atoms with E-state index in [4.69, 9.17) is 5.73 Å². The molecule has 1 aromatic carbocycles. The minimum atomic E-state index is 0.0425. The van der Waals surface area contributed by atoms with E-state index in [2.05, 4.69) is 34.8 Å². The number of amides is 1. The van der Waals surface area contributed by atoms with E-state index in [1.165, 1.54) is 0 Å². The number of hydrogen-bond acceptors (Lipinski definition) is 3. The summed E-state index contributed by atoms with van der Waals surface area (Å²) in [5.74, 6) is 0.521. The first kappa shape index (κ1) is 14.8. The van der Waals surface area contributed by atoms with E-state index < -0.39 is 0 Å². The number of rotatable bonds is 6. The molecule has 0 radical (unpaired) electrons.